The van der Waals surface area contributed by atoms with Gasteiger partial charge in [-0.1, -0.05) is 48.5 Å². The highest BCUT2D eigenvalue weighted by molar-refractivity contribution is 8.00. The Labute approximate surface area is 180 Å². The molecule has 3 rings (SSSR count). The summed E-state index contributed by atoms with van der Waals surface area (Å²) in [7, 11) is 0. The van der Waals surface area contributed by atoms with Crippen LogP contribution in [0.4, 0.5) is 0 Å². The summed E-state index contributed by atoms with van der Waals surface area (Å²) in [6.45, 7) is 19.5. The van der Waals surface area contributed by atoms with Gasteiger partial charge in [-0.05, 0) is 17.3 Å². The first-order chi connectivity index (χ1) is 12.5. The predicted octanol–water partition coefficient (Wildman–Crippen LogP) is 4.54. The second-order valence-corrected chi connectivity index (χ2v) is 14.5. The normalized spacial score (nSPS) is 33.9. The predicted molar refractivity (Wildman–Crippen MR) is 127 cm³/mol. The maximum Gasteiger partial charge on any atom is 0.0599 e. The van der Waals surface area contributed by atoms with Crippen LogP contribution in [0.3, 0.4) is 0 Å². The van der Waals surface area contributed by atoms with Crippen molar-refractivity contribution in [2.75, 3.05) is 36.3 Å². The summed E-state index contributed by atoms with van der Waals surface area (Å²) in [5, 5.41) is 9.06. The second kappa shape index (κ2) is 8.58. The Kier molecular flexibility index (Phi) is 7.19. The summed E-state index contributed by atoms with van der Waals surface area (Å²) in [5.74, 6) is 4.85. The molecule has 3 nitrogen and oxygen atoms in total. The lowest BCUT2D eigenvalue weighted by molar-refractivity contribution is 0.172. The maximum atomic E-state index is 4.02. The van der Waals surface area contributed by atoms with Crippen molar-refractivity contribution in [3.05, 3.63) is 0 Å². The summed E-state index contributed by atoms with van der Waals surface area (Å²) in [6, 6.07) is 1.31. The summed E-state index contributed by atoms with van der Waals surface area (Å²) < 4.78 is 0. The van der Waals surface area contributed by atoms with Crippen molar-refractivity contribution in [1.29, 1.82) is 0 Å². The van der Waals surface area contributed by atoms with Gasteiger partial charge in [-0.25, -0.2) is 0 Å². The van der Waals surface area contributed by atoms with Gasteiger partial charge in [-0.2, -0.15) is 0 Å². The Hall–Kier alpha value is 0.930. The summed E-state index contributed by atoms with van der Waals surface area (Å²) in [4.78, 5) is 2.69. The third-order valence-electron chi connectivity index (χ3n) is 6.47. The summed E-state index contributed by atoms with van der Waals surface area (Å²) in [6.07, 6.45) is 1.27. The largest absolute Gasteiger partial charge is 0.304 e. The van der Waals surface area contributed by atoms with Crippen molar-refractivity contribution < 1.29 is 0 Å². The minimum Gasteiger partial charge on any atom is -0.304 e. The fourth-order valence-corrected chi connectivity index (χ4v) is 8.69. The van der Waals surface area contributed by atoms with E-state index in [4.69, 9.17) is 0 Å². The van der Waals surface area contributed by atoms with Gasteiger partial charge in [0.25, 0.3) is 0 Å². The SMILES string of the molecule is CC(C)(C)C1CN(CC(C)(C)C2NC(CC(C)(C)C3CSCN3)CS2)CS1. The van der Waals surface area contributed by atoms with Crippen molar-refractivity contribution in [2.24, 2.45) is 16.2 Å². The van der Waals surface area contributed by atoms with Crippen LogP contribution in [-0.2, 0) is 0 Å². The van der Waals surface area contributed by atoms with Crippen LogP contribution < -0.4 is 10.6 Å². The van der Waals surface area contributed by atoms with E-state index in [1.807, 2.05) is 11.8 Å². The summed E-state index contributed by atoms with van der Waals surface area (Å²) in [5.41, 5.74) is 1.08. The van der Waals surface area contributed by atoms with E-state index in [1.165, 1.54) is 36.9 Å². The highest BCUT2D eigenvalue weighted by atomic mass is 32.2. The maximum absolute atomic E-state index is 4.02. The van der Waals surface area contributed by atoms with Gasteiger partial charge in [0.05, 0.1) is 5.37 Å². The van der Waals surface area contributed by atoms with Gasteiger partial charge in [0.2, 0.25) is 0 Å². The smallest absolute Gasteiger partial charge is 0.0599 e. The molecule has 0 aromatic heterocycles. The Morgan fingerprint density at radius 1 is 0.963 bits per heavy atom. The molecule has 158 valence electrons. The van der Waals surface area contributed by atoms with Crippen LogP contribution in [-0.4, -0.2) is 64.0 Å². The van der Waals surface area contributed by atoms with Crippen molar-refractivity contribution in [1.82, 2.24) is 15.5 Å². The van der Waals surface area contributed by atoms with Crippen molar-refractivity contribution in [3.8, 4) is 0 Å². The quantitative estimate of drug-likeness (QED) is 0.641. The minimum atomic E-state index is 0.304. The Morgan fingerprint density at radius 3 is 2.30 bits per heavy atom. The molecular weight excluding hydrogens is 390 g/mol. The van der Waals surface area contributed by atoms with Crippen LogP contribution >= 0.6 is 35.3 Å². The lowest BCUT2D eigenvalue weighted by Gasteiger charge is -2.37. The molecule has 0 spiro atoms. The van der Waals surface area contributed by atoms with Gasteiger partial charge in [-0.15, -0.1) is 35.3 Å². The molecule has 0 saturated carbocycles. The molecule has 0 aliphatic carbocycles. The molecule has 0 aromatic rings. The number of nitrogens with zero attached hydrogens (tertiary/aromatic N) is 1. The van der Waals surface area contributed by atoms with E-state index in [0.29, 0.717) is 33.7 Å². The number of thioether (sulfide) groups is 3. The molecule has 3 fully saturated rings. The molecule has 3 heterocycles. The first-order valence-corrected chi connectivity index (χ1v) is 13.8. The fraction of sp³-hybridized carbons (Fsp3) is 1.00. The molecule has 6 heteroatoms. The van der Waals surface area contributed by atoms with Gasteiger partial charge in [0, 0.05) is 59.1 Å². The Morgan fingerprint density at radius 2 is 1.70 bits per heavy atom. The van der Waals surface area contributed by atoms with E-state index in [9.17, 15) is 0 Å². The van der Waals surface area contributed by atoms with Crippen molar-refractivity contribution in [3.63, 3.8) is 0 Å². The van der Waals surface area contributed by atoms with Crippen LogP contribution in [0.25, 0.3) is 0 Å². The van der Waals surface area contributed by atoms with Gasteiger partial charge in [0.1, 0.15) is 0 Å². The van der Waals surface area contributed by atoms with Gasteiger partial charge in [-0.3, -0.25) is 4.90 Å². The molecule has 3 saturated heterocycles. The zero-order valence-corrected chi connectivity index (χ0v) is 20.9. The lowest BCUT2D eigenvalue weighted by Crippen LogP contribution is -2.48. The van der Waals surface area contributed by atoms with Crippen LogP contribution in [0.1, 0.15) is 54.9 Å². The highest BCUT2D eigenvalue weighted by Crippen LogP contribution is 2.42. The molecule has 2 N–H and O–H groups in total. The molecular formula is C21H41N3S3. The van der Waals surface area contributed by atoms with E-state index >= 15 is 0 Å². The van der Waals surface area contributed by atoms with E-state index in [0.717, 1.165) is 11.1 Å². The van der Waals surface area contributed by atoms with Crippen molar-refractivity contribution in [2.45, 2.75) is 77.6 Å². The lowest BCUT2D eigenvalue weighted by atomic mass is 9.79. The second-order valence-electron chi connectivity index (χ2n) is 11.2. The van der Waals surface area contributed by atoms with Gasteiger partial charge in [0.15, 0.2) is 0 Å². The van der Waals surface area contributed by atoms with Crippen molar-refractivity contribution >= 4 is 35.3 Å². The number of hydrogen-bond donors (Lipinski definition) is 2. The summed E-state index contributed by atoms with van der Waals surface area (Å²) >= 11 is 6.36. The molecule has 4 atom stereocenters. The van der Waals surface area contributed by atoms with Crippen LogP contribution in [0, 0.1) is 16.2 Å². The highest BCUT2D eigenvalue weighted by Gasteiger charge is 2.42. The third-order valence-corrected chi connectivity index (χ3v) is 10.9. The van der Waals surface area contributed by atoms with Gasteiger partial charge >= 0.3 is 0 Å². The van der Waals surface area contributed by atoms with Crippen LogP contribution in [0.5, 0.6) is 0 Å². The van der Waals surface area contributed by atoms with E-state index in [2.05, 4.69) is 87.5 Å². The topological polar surface area (TPSA) is 27.3 Å². The van der Waals surface area contributed by atoms with Crippen LogP contribution in [0.2, 0.25) is 0 Å². The molecule has 3 aliphatic heterocycles. The first kappa shape index (κ1) is 22.6. The first-order valence-electron chi connectivity index (χ1n) is 10.5. The van der Waals surface area contributed by atoms with E-state index in [-0.39, 0.29) is 0 Å². The standard InChI is InChI=1S/C21H41N3S3/c1-19(2,3)17-9-24(14-27-17)12-21(6,7)18-23-15(10-26-18)8-20(4,5)16-11-25-13-22-16/h15-18,22-23H,8-14H2,1-7H3. The zero-order valence-electron chi connectivity index (χ0n) is 18.4. The average Bonchev–Trinajstić information content (AvgIpc) is 3.27. The van der Waals surface area contributed by atoms with Gasteiger partial charge < -0.3 is 10.6 Å². The van der Waals surface area contributed by atoms with E-state index in [1.54, 1.807) is 0 Å². The number of hydrogen-bond acceptors (Lipinski definition) is 6. The molecule has 3 aliphatic rings. The molecule has 0 amide bonds. The molecule has 4 unspecified atom stereocenters. The number of rotatable bonds is 6. The van der Waals surface area contributed by atoms with E-state index < -0.39 is 0 Å². The molecule has 0 radical (unpaired) electrons. The van der Waals surface area contributed by atoms with Crippen LogP contribution in [0.15, 0.2) is 0 Å². The minimum absolute atomic E-state index is 0.304. The molecule has 0 aromatic carbocycles. The third kappa shape index (κ3) is 5.75. The Bertz CT molecular complexity index is 497. The zero-order chi connectivity index (χ0) is 19.9. The number of nitrogens with one attached hydrogen (secondary N) is 2. The molecule has 27 heavy (non-hydrogen) atoms. The monoisotopic (exact) mass is 431 g/mol. The Balaban J connectivity index is 1.50. The fourth-order valence-electron chi connectivity index (χ4n) is 4.59. The molecule has 0 bridgehead atoms. The average molecular weight is 432 g/mol.